The molecule has 1 aliphatic rings. The van der Waals surface area contributed by atoms with Crippen LogP contribution < -0.4 is 10.6 Å². The summed E-state index contributed by atoms with van der Waals surface area (Å²) in [7, 11) is 0. The summed E-state index contributed by atoms with van der Waals surface area (Å²) in [5.41, 5.74) is 2.88. The molecule has 1 atom stereocenters. The summed E-state index contributed by atoms with van der Waals surface area (Å²) in [5.74, 6) is -0.572. The summed E-state index contributed by atoms with van der Waals surface area (Å²) < 4.78 is 5.42. The van der Waals surface area contributed by atoms with Gasteiger partial charge in [0.1, 0.15) is 6.42 Å². The fraction of sp³-hybridized carbons (Fsp3) is 0.500. The number of hydrogen-bond acceptors (Lipinski definition) is 3. The van der Waals surface area contributed by atoms with Gasteiger partial charge in [0.05, 0.1) is 6.10 Å². The van der Waals surface area contributed by atoms with E-state index in [0.717, 1.165) is 36.3 Å². The highest BCUT2D eigenvalue weighted by atomic mass is 16.5. The molecule has 114 valence electrons. The summed E-state index contributed by atoms with van der Waals surface area (Å²) in [5, 5.41) is 5.49. The van der Waals surface area contributed by atoms with Gasteiger partial charge >= 0.3 is 0 Å². The van der Waals surface area contributed by atoms with Crippen LogP contribution in [0.1, 0.15) is 30.4 Å². The van der Waals surface area contributed by atoms with Crippen LogP contribution in [0.4, 0.5) is 5.69 Å². The summed E-state index contributed by atoms with van der Waals surface area (Å²) in [6.07, 6.45) is 1.93. The molecule has 2 N–H and O–H groups in total. The lowest BCUT2D eigenvalue weighted by molar-refractivity contribution is -0.127. The summed E-state index contributed by atoms with van der Waals surface area (Å²) >= 11 is 0. The maximum Gasteiger partial charge on any atom is 0.233 e. The van der Waals surface area contributed by atoms with E-state index in [1.54, 1.807) is 0 Å². The van der Waals surface area contributed by atoms with E-state index in [2.05, 4.69) is 10.6 Å². The van der Waals surface area contributed by atoms with E-state index in [0.29, 0.717) is 6.54 Å². The second kappa shape index (κ2) is 7.22. The van der Waals surface area contributed by atoms with Crippen LogP contribution in [-0.2, 0) is 14.3 Å². The predicted octanol–water partition coefficient (Wildman–Crippen LogP) is 1.93. The van der Waals surface area contributed by atoms with Gasteiger partial charge in [0.15, 0.2) is 0 Å². The minimum atomic E-state index is -0.301. The van der Waals surface area contributed by atoms with Gasteiger partial charge in [-0.1, -0.05) is 6.07 Å². The third-order valence-electron chi connectivity index (χ3n) is 3.38. The van der Waals surface area contributed by atoms with Gasteiger partial charge in [0.25, 0.3) is 0 Å². The lowest BCUT2D eigenvalue weighted by Crippen LogP contribution is -2.34. The van der Waals surface area contributed by atoms with Crippen LogP contribution in [0.3, 0.4) is 0 Å². The molecule has 5 heteroatoms. The van der Waals surface area contributed by atoms with E-state index < -0.39 is 0 Å². The van der Waals surface area contributed by atoms with Gasteiger partial charge in [-0.25, -0.2) is 0 Å². The first kappa shape index (κ1) is 15.5. The molecule has 1 heterocycles. The van der Waals surface area contributed by atoms with Crippen molar-refractivity contribution >= 4 is 17.5 Å². The number of ether oxygens (including phenoxy) is 1. The number of rotatable bonds is 5. The Morgan fingerprint density at radius 3 is 2.52 bits per heavy atom. The summed E-state index contributed by atoms with van der Waals surface area (Å²) in [6, 6.07) is 5.80. The number of carbonyl (C=O) groups excluding carboxylic acids is 2. The van der Waals surface area contributed by atoms with Crippen LogP contribution in [0.25, 0.3) is 0 Å². The van der Waals surface area contributed by atoms with Crippen molar-refractivity contribution in [3.05, 3.63) is 29.3 Å². The number of carbonyl (C=O) groups is 2. The molecule has 1 fully saturated rings. The molecule has 1 saturated heterocycles. The van der Waals surface area contributed by atoms with Crippen LogP contribution >= 0.6 is 0 Å². The Hall–Kier alpha value is -1.88. The quantitative estimate of drug-likeness (QED) is 0.814. The molecule has 21 heavy (non-hydrogen) atoms. The Balaban J connectivity index is 1.76. The molecule has 0 saturated carbocycles. The van der Waals surface area contributed by atoms with Gasteiger partial charge < -0.3 is 15.4 Å². The molecule has 1 aliphatic heterocycles. The third kappa shape index (κ3) is 5.19. The zero-order valence-corrected chi connectivity index (χ0v) is 12.6. The van der Waals surface area contributed by atoms with Gasteiger partial charge in [-0.05, 0) is 49.9 Å². The number of anilines is 1. The van der Waals surface area contributed by atoms with E-state index in [9.17, 15) is 9.59 Å². The minimum Gasteiger partial charge on any atom is -0.376 e. The smallest absolute Gasteiger partial charge is 0.233 e. The van der Waals surface area contributed by atoms with Crippen molar-refractivity contribution in [2.45, 2.75) is 39.2 Å². The second-order valence-electron chi connectivity index (χ2n) is 5.54. The summed E-state index contributed by atoms with van der Waals surface area (Å²) in [6.45, 7) is 5.18. The van der Waals surface area contributed by atoms with Crippen molar-refractivity contribution in [1.29, 1.82) is 0 Å². The lowest BCUT2D eigenvalue weighted by Gasteiger charge is -2.11. The maximum absolute atomic E-state index is 11.8. The van der Waals surface area contributed by atoms with Gasteiger partial charge in [0, 0.05) is 18.8 Å². The molecular formula is C16H22N2O3. The molecule has 0 spiro atoms. The molecule has 1 aromatic rings. The Morgan fingerprint density at radius 1 is 1.19 bits per heavy atom. The van der Waals surface area contributed by atoms with Crippen molar-refractivity contribution in [3.63, 3.8) is 0 Å². The number of aryl methyl sites for hydroxylation is 2. The van der Waals surface area contributed by atoms with Crippen LogP contribution in [0.15, 0.2) is 18.2 Å². The molecule has 0 bridgehead atoms. The first-order chi connectivity index (χ1) is 10.0. The second-order valence-corrected chi connectivity index (χ2v) is 5.54. The maximum atomic E-state index is 11.8. The fourth-order valence-electron chi connectivity index (χ4n) is 2.49. The van der Waals surface area contributed by atoms with Gasteiger partial charge in [-0.3, -0.25) is 9.59 Å². The number of nitrogens with one attached hydrogen (secondary N) is 2. The molecule has 1 unspecified atom stereocenters. The van der Waals surface area contributed by atoms with Crippen molar-refractivity contribution < 1.29 is 14.3 Å². The molecule has 2 amide bonds. The molecule has 5 nitrogen and oxygen atoms in total. The van der Waals surface area contributed by atoms with E-state index in [-0.39, 0.29) is 24.3 Å². The average molecular weight is 290 g/mol. The fourth-order valence-corrected chi connectivity index (χ4v) is 2.49. The zero-order chi connectivity index (χ0) is 15.2. The largest absolute Gasteiger partial charge is 0.376 e. The SMILES string of the molecule is Cc1cc(C)cc(NC(=O)CC(=O)NCC2CCCO2)c1. The van der Waals surface area contributed by atoms with Crippen molar-refractivity contribution in [2.75, 3.05) is 18.5 Å². The third-order valence-corrected chi connectivity index (χ3v) is 3.38. The van der Waals surface area contributed by atoms with Gasteiger partial charge in [-0.2, -0.15) is 0 Å². The van der Waals surface area contributed by atoms with E-state index in [1.165, 1.54) is 0 Å². The standard InChI is InChI=1S/C16H22N2O3/c1-11-6-12(2)8-13(7-11)18-16(20)9-15(19)17-10-14-4-3-5-21-14/h6-8,14H,3-5,9-10H2,1-2H3,(H,17,19)(H,18,20). The molecule has 0 aromatic heterocycles. The van der Waals surface area contributed by atoms with Crippen LogP contribution in [0, 0.1) is 13.8 Å². The highest BCUT2D eigenvalue weighted by Crippen LogP contribution is 2.14. The Morgan fingerprint density at radius 2 is 1.90 bits per heavy atom. The Kier molecular flexibility index (Phi) is 5.33. The highest BCUT2D eigenvalue weighted by Gasteiger charge is 2.17. The molecule has 0 radical (unpaired) electrons. The predicted molar refractivity (Wildman–Crippen MR) is 81.1 cm³/mol. The van der Waals surface area contributed by atoms with Crippen molar-refractivity contribution in [2.24, 2.45) is 0 Å². The topological polar surface area (TPSA) is 67.4 Å². The molecule has 2 rings (SSSR count). The Bertz CT molecular complexity index is 502. The van der Waals surface area contributed by atoms with Crippen LogP contribution in [0.2, 0.25) is 0 Å². The lowest BCUT2D eigenvalue weighted by atomic mass is 10.1. The van der Waals surface area contributed by atoms with E-state index >= 15 is 0 Å². The van der Waals surface area contributed by atoms with Crippen molar-refractivity contribution in [3.8, 4) is 0 Å². The van der Waals surface area contributed by atoms with Crippen LogP contribution in [-0.4, -0.2) is 31.1 Å². The highest BCUT2D eigenvalue weighted by molar-refractivity contribution is 6.03. The van der Waals surface area contributed by atoms with Gasteiger partial charge in [-0.15, -0.1) is 0 Å². The number of amides is 2. The monoisotopic (exact) mass is 290 g/mol. The van der Waals surface area contributed by atoms with E-state index in [4.69, 9.17) is 4.74 Å². The van der Waals surface area contributed by atoms with Gasteiger partial charge in [0.2, 0.25) is 11.8 Å². The number of hydrogen-bond donors (Lipinski definition) is 2. The van der Waals surface area contributed by atoms with Crippen LogP contribution in [0.5, 0.6) is 0 Å². The average Bonchev–Trinajstić information content (AvgIpc) is 2.87. The van der Waals surface area contributed by atoms with E-state index in [1.807, 2.05) is 32.0 Å². The summed E-state index contributed by atoms with van der Waals surface area (Å²) in [4.78, 5) is 23.5. The normalized spacial score (nSPS) is 17.5. The number of benzene rings is 1. The molecule has 0 aliphatic carbocycles. The first-order valence-electron chi connectivity index (χ1n) is 7.29. The Labute approximate surface area is 125 Å². The molecule has 1 aromatic carbocycles. The van der Waals surface area contributed by atoms with Crippen molar-refractivity contribution in [1.82, 2.24) is 5.32 Å². The molecular weight excluding hydrogens is 268 g/mol. The minimum absolute atomic E-state index is 0.0939. The first-order valence-corrected chi connectivity index (χ1v) is 7.29. The zero-order valence-electron chi connectivity index (χ0n) is 12.6.